The minimum absolute atomic E-state index is 0.817. The van der Waals surface area contributed by atoms with E-state index >= 15 is 0 Å². The molecule has 1 aromatic heterocycles. The molecule has 1 aliphatic carbocycles. The van der Waals surface area contributed by atoms with Gasteiger partial charge in [-0.25, -0.2) is 4.98 Å². The van der Waals surface area contributed by atoms with Gasteiger partial charge in [0.25, 0.3) is 0 Å². The second kappa shape index (κ2) is 3.92. The van der Waals surface area contributed by atoms with Gasteiger partial charge in [-0.3, -0.25) is 0 Å². The molecule has 0 aliphatic heterocycles. The second-order valence-electron chi connectivity index (χ2n) is 3.74. The van der Waals surface area contributed by atoms with E-state index < -0.39 is 0 Å². The molecule has 1 saturated carbocycles. The molecule has 2 rings (SSSR count). The summed E-state index contributed by atoms with van der Waals surface area (Å²) in [6, 6.07) is 0. The normalized spacial score (nSPS) is 16.4. The van der Waals surface area contributed by atoms with Crippen LogP contribution in [0.4, 0.5) is 0 Å². The molecule has 1 N–H and O–H groups in total. The lowest BCUT2D eigenvalue weighted by Crippen LogP contribution is -2.11. The van der Waals surface area contributed by atoms with Crippen molar-refractivity contribution >= 4 is 0 Å². The average molecular weight is 179 g/mol. The Bertz CT molecular complexity index is 263. The van der Waals surface area contributed by atoms with Gasteiger partial charge in [-0.1, -0.05) is 0 Å². The van der Waals surface area contributed by atoms with E-state index in [0.717, 1.165) is 19.0 Å². The summed E-state index contributed by atoms with van der Waals surface area (Å²) in [5.41, 5.74) is 1.44. The van der Waals surface area contributed by atoms with Gasteiger partial charge >= 0.3 is 0 Å². The van der Waals surface area contributed by atoms with Crippen molar-refractivity contribution in [3.8, 4) is 0 Å². The van der Waals surface area contributed by atoms with Crippen molar-refractivity contribution in [2.75, 3.05) is 13.6 Å². The summed E-state index contributed by atoms with van der Waals surface area (Å²) < 4.78 is 2.30. The zero-order valence-corrected chi connectivity index (χ0v) is 8.16. The molecule has 1 heterocycles. The molecule has 72 valence electrons. The van der Waals surface area contributed by atoms with Crippen LogP contribution in [0, 0.1) is 0 Å². The first-order valence-electron chi connectivity index (χ1n) is 5.06. The summed E-state index contributed by atoms with van der Waals surface area (Å²) >= 11 is 0. The van der Waals surface area contributed by atoms with Crippen LogP contribution in [0.3, 0.4) is 0 Å². The first kappa shape index (κ1) is 8.75. The van der Waals surface area contributed by atoms with Crippen LogP contribution in [0.2, 0.25) is 0 Å². The number of nitrogens with one attached hydrogen (secondary N) is 1. The largest absolute Gasteiger partial charge is 0.334 e. The minimum Gasteiger partial charge on any atom is -0.334 e. The lowest BCUT2D eigenvalue weighted by Gasteiger charge is -2.06. The Balaban J connectivity index is 1.90. The first-order chi connectivity index (χ1) is 6.42. The van der Waals surface area contributed by atoms with E-state index in [1.165, 1.54) is 25.0 Å². The topological polar surface area (TPSA) is 29.9 Å². The van der Waals surface area contributed by atoms with E-state index in [0.29, 0.717) is 0 Å². The van der Waals surface area contributed by atoms with Crippen LogP contribution in [0.25, 0.3) is 0 Å². The molecule has 0 spiro atoms. The van der Waals surface area contributed by atoms with Crippen LogP contribution >= 0.6 is 0 Å². The lowest BCUT2D eigenvalue weighted by molar-refractivity contribution is 0.594. The Labute approximate surface area is 79.2 Å². The summed E-state index contributed by atoms with van der Waals surface area (Å²) in [4.78, 5) is 4.20. The third-order valence-electron chi connectivity index (χ3n) is 2.57. The van der Waals surface area contributed by atoms with Gasteiger partial charge in [0.2, 0.25) is 0 Å². The van der Waals surface area contributed by atoms with Gasteiger partial charge in [-0.05, 0) is 32.9 Å². The minimum atomic E-state index is 0.817. The molecular weight excluding hydrogens is 162 g/mol. The van der Waals surface area contributed by atoms with Crippen LogP contribution in [-0.2, 0) is 6.54 Å². The molecule has 1 fully saturated rings. The fourth-order valence-electron chi connectivity index (χ4n) is 1.66. The van der Waals surface area contributed by atoms with Crippen molar-refractivity contribution in [3.63, 3.8) is 0 Å². The quantitative estimate of drug-likeness (QED) is 0.692. The standard InChI is InChI=1S/C10H17N3/c1-11-5-2-6-13-8-12-7-10(13)9-3-4-9/h7-9,11H,2-6H2,1H3. The molecule has 0 unspecified atom stereocenters. The van der Waals surface area contributed by atoms with Crippen LogP contribution in [-0.4, -0.2) is 23.1 Å². The van der Waals surface area contributed by atoms with E-state index in [4.69, 9.17) is 0 Å². The Hall–Kier alpha value is -0.830. The molecule has 0 bridgehead atoms. The van der Waals surface area contributed by atoms with Gasteiger partial charge in [0.05, 0.1) is 6.33 Å². The summed E-state index contributed by atoms with van der Waals surface area (Å²) in [5, 5.41) is 3.16. The summed E-state index contributed by atoms with van der Waals surface area (Å²) in [5.74, 6) is 0.817. The van der Waals surface area contributed by atoms with Crippen molar-refractivity contribution in [2.24, 2.45) is 0 Å². The van der Waals surface area contributed by atoms with Crippen molar-refractivity contribution < 1.29 is 0 Å². The smallest absolute Gasteiger partial charge is 0.0948 e. The molecule has 1 aliphatic rings. The summed E-state index contributed by atoms with van der Waals surface area (Å²) in [6.07, 6.45) is 7.89. The second-order valence-corrected chi connectivity index (χ2v) is 3.74. The highest BCUT2D eigenvalue weighted by Crippen LogP contribution is 2.39. The molecule has 3 nitrogen and oxygen atoms in total. The Kier molecular flexibility index (Phi) is 2.64. The number of rotatable bonds is 5. The number of nitrogens with zero attached hydrogens (tertiary/aromatic N) is 2. The van der Waals surface area contributed by atoms with E-state index in [1.807, 2.05) is 19.6 Å². The molecule has 0 amide bonds. The summed E-state index contributed by atoms with van der Waals surface area (Å²) in [7, 11) is 2.00. The number of hydrogen-bond donors (Lipinski definition) is 1. The number of aryl methyl sites for hydroxylation is 1. The van der Waals surface area contributed by atoms with Gasteiger partial charge in [0.15, 0.2) is 0 Å². The number of aromatic nitrogens is 2. The van der Waals surface area contributed by atoms with Crippen LogP contribution < -0.4 is 5.32 Å². The number of hydrogen-bond acceptors (Lipinski definition) is 2. The molecule has 0 aromatic carbocycles. The third-order valence-corrected chi connectivity index (χ3v) is 2.57. The van der Waals surface area contributed by atoms with Crippen molar-refractivity contribution in [1.82, 2.24) is 14.9 Å². The van der Waals surface area contributed by atoms with Gasteiger partial charge in [0.1, 0.15) is 0 Å². The zero-order valence-electron chi connectivity index (χ0n) is 8.16. The molecular formula is C10H17N3. The molecule has 13 heavy (non-hydrogen) atoms. The molecule has 0 atom stereocenters. The molecule has 0 radical (unpaired) electrons. The monoisotopic (exact) mass is 179 g/mol. The highest BCUT2D eigenvalue weighted by atomic mass is 15.1. The molecule has 1 aromatic rings. The zero-order chi connectivity index (χ0) is 9.10. The van der Waals surface area contributed by atoms with Crippen LogP contribution in [0.1, 0.15) is 30.9 Å². The predicted molar refractivity (Wildman–Crippen MR) is 52.7 cm³/mol. The Morgan fingerprint density at radius 2 is 2.46 bits per heavy atom. The Morgan fingerprint density at radius 1 is 1.62 bits per heavy atom. The van der Waals surface area contributed by atoms with Gasteiger partial charge < -0.3 is 9.88 Å². The van der Waals surface area contributed by atoms with E-state index in [9.17, 15) is 0 Å². The third kappa shape index (κ3) is 2.10. The fourth-order valence-corrected chi connectivity index (χ4v) is 1.66. The van der Waals surface area contributed by atoms with Crippen molar-refractivity contribution in [3.05, 3.63) is 18.2 Å². The van der Waals surface area contributed by atoms with Gasteiger partial charge in [-0.15, -0.1) is 0 Å². The van der Waals surface area contributed by atoms with Crippen LogP contribution in [0.5, 0.6) is 0 Å². The van der Waals surface area contributed by atoms with Crippen molar-refractivity contribution in [2.45, 2.75) is 31.7 Å². The summed E-state index contributed by atoms with van der Waals surface area (Å²) in [6.45, 7) is 2.19. The average Bonchev–Trinajstić information content (AvgIpc) is 2.88. The Morgan fingerprint density at radius 3 is 3.15 bits per heavy atom. The van der Waals surface area contributed by atoms with Crippen LogP contribution in [0.15, 0.2) is 12.5 Å². The predicted octanol–water partition coefficient (Wildman–Crippen LogP) is 1.37. The van der Waals surface area contributed by atoms with Gasteiger partial charge in [-0.2, -0.15) is 0 Å². The van der Waals surface area contributed by atoms with E-state index in [1.54, 1.807) is 0 Å². The SMILES string of the molecule is CNCCCn1cncc1C1CC1. The van der Waals surface area contributed by atoms with E-state index in [-0.39, 0.29) is 0 Å². The highest BCUT2D eigenvalue weighted by Gasteiger charge is 2.26. The maximum Gasteiger partial charge on any atom is 0.0948 e. The van der Waals surface area contributed by atoms with Crippen molar-refractivity contribution in [1.29, 1.82) is 0 Å². The van der Waals surface area contributed by atoms with E-state index in [2.05, 4.69) is 14.9 Å². The highest BCUT2D eigenvalue weighted by molar-refractivity contribution is 5.12. The van der Waals surface area contributed by atoms with Gasteiger partial charge in [0, 0.05) is 24.4 Å². The maximum atomic E-state index is 4.20. The maximum absolute atomic E-state index is 4.20. The number of imidazole rings is 1. The fraction of sp³-hybridized carbons (Fsp3) is 0.700. The molecule has 3 heteroatoms. The molecule has 0 saturated heterocycles. The first-order valence-corrected chi connectivity index (χ1v) is 5.06. The lowest BCUT2D eigenvalue weighted by atomic mass is 10.3.